The summed E-state index contributed by atoms with van der Waals surface area (Å²) in [6, 6.07) is -0.0472. The SMILES string of the molecule is CC(=O)N1C2CC1C(=O)N(c1cnn3c1CN(C(=O)Nc1cc(F)c(F)c(F)c1)[C@@H](C)C3)C2. The molecule has 2 aromatic rings. The summed E-state index contributed by atoms with van der Waals surface area (Å²) in [6.45, 7) is 4.04. The van der Waals surface area contributed by atoms with Crippen molar-refractivity contribution in [3.8, 4) is 0 Å². The molecule has 3 saturated heterocycles. The number of carbonyl (C=O) groups is 3. The summed E-state index contributed by atoms with van der Waals surface area (Å²) < 4.78 is 42.0. The van der Waals surface area contributed by atoms with Crippen molar-refractivity contribution in [2.24, 2.45) is 0 Å². The average Bonchev–Trinajstić information content (AvgIpc) is 3.12. The first-order chi connectivity index (χ1) is 15.7. The Bertz CT molecular complexity index is 1160. The van der Waals surface area contributed by atoms with Crippen molar-refractivity contribution in [1.82, 2.24) is 19.6 Å². The smallest absolute Gasteiger partial charge is 0.322 e. The third-order valence-electron chi connectivity index (χ3n) is 6.54. The fourth-order valence-corrected chi connectivity index (χ4v) is 4.87. The lowest BCUT2D eigenvalue weighted by Gasteiger charge is -2.54. The van der Waals surface area contributed by atoms with Crippen LogP contribution in [0.15, 0.2) is 18.3 Å². The summed E-state index contributed by atoms with van der Waals surface area (Å²) in [5.41, 5.74) is 1.00. The molecule has 2 bridgehead atoms. The Labute approximate surface area is 186 Å². The van der Waals surface area contributed by atoms with Gasteiger partial charge in [-0.1, -0.05) is 0 Å². The highest BCUT2D eigenvalue weighted by Crippen LogP contribution is 2.38. The number of aromatic nitrogens is 2. The number of anilines is 2. The second-order valence-corrected chi connectivity index (χ2v) is 8.60. The maximum Gasteiger partial charge on any atom is 0.322 e. The lowest BCUT2D eigenvalue weighted by molar-refractivity contribution is -0.154. The highest BCUT2D eigenvalue weighted by Gasteiger charge is 2.52. The summed E-state index contributed by atoms with van der Waals surface area (Å²) in [6.07, 6.45) is 2.21. The van der Waals surface area contributed by atoms with Crippen molar-refractivity contribution >= 4 is 29.2 Å². The van der Waals surface area contributed by atoms with Gasteiger partial charge in [-0.15, -0.1) is 0 Å². The van der Waals surface area contributed by atoms with Crippen LogP contribution >= 0.6 is 0 Å². The zero-order valence-electron chi connectivity index (χ0n) is 17.9. The Morgan fingerprint density at radius 3 is 2.48 bits per heavy atom. The topological polar surface area (TPSA) is 90.8 Å². The van der Waals surface area contributed by atoms with Gasteiger partial charge in [0.2, 0.25) is 11.8 Å². The molecule has 1 aromatic heterocycles. The summed E-state index contributed by atoms with van der Waals surface area (Å²) in [5.74, 6) is -4.74. The van der Waals surface area contributed by atoms with E-state index in [0.717, 1.165) is 0 Å². The van der Waals surface area contributed by atoms with E-state index in [-0.39, 0.29) is 36.1 Å². The first-order valence-corrected chi connectivity index (χ1v) is 10.5. The van der Waals surface area contributed by atoms with Gasteiger partial charge in [-0.3, -0.25) is 14.3 Å². The Balaban J connectivity index is 1.36. The van der Waals surface area contributed by atoms with Crippen molar-refractivity contribution < 1.29 is 27.6 Å². The first kappa shape index (κ1) is 21.3. The van der Waals surface area contributed by atoms with Crippen LogP contribution in [0, 0.1) is 17.5 Å². The van der Waals surface area contributed by atoms with Crippen LogP contribution < -0.4 is 10.2 Å². The number of piperidine rings is 1. The third kappa shape index (κ3) is 3.31. The molecule has 4 aliphatic heterocycles. The Hall–Kier alpha value is -3.57. The number of urea groups is 1. The van der Waals surface area contributed by atoms with E-state index < -0.39 is 29.5 Å². The molecule has 9 nitrogen and oxygen atoms in total. The van der Waals surface area contributed by atoms with Gasteiger partial charge in [0.15, 0.2) is 17.5 Å². The minimum Gasteiger partial charge on any atom is -0.326 e. The van der Waals surface area contributed by atoms with Crippen LogP contribution in [-0.4, -0.2) is 62.1 Å². The Kier molecular flexibility index (Phi) is 4.83. The highest BCUT2D eigenvalue weighted by molar-refractivity contribution is 6.02. The van der Waals surface area contributed by atoms with Gasteiger partial charge < -0.3 is 20.0 Å². The molecule has 3 fully saturated rings. The Morgan fingerprint density at radius 1 is 1.15 bits per heavy atom. The summed E-state index contributed by atoms with van der Waals surface area (Å²) in [5, 5.41) is 6.76. The number of halogens is 3. The minimum absolute atomic E-state index is 0.0501. The molecule has 12 heteroatoms. The number of amides is 4. The number of nitrogens with one attached hydrogen (secondary N) is 1. The molecule has 2 unspecified atom stereocenters. The van der Waals surface area contributed by atoms with Crippen molar-refractivity contribution in [2.45, 2.75) is 51.5 Å². The number of hydrogen-bond donors (Lipinski definition) is 1. The van der Waals surface area contributed by atoms with Crippen LogP contribution in [0.2, 0.25) is 0 Å². The lowest BCUT2D eigenvalue weighted by Crippen LogP contribution is -2.72. The van der Waals surface area contributed by atoms with Crippen molar-refractivity contribution in [2.75, 3.05) is 16.8 Å². The predicted octanol–water partition coefficient (Wildman–Crippen LogP) is 2.07. The molecule has 6 rings (SSSR count). The van der Waals surface area contributed by atoms with Crippen molar-refractivity contribution in [1.29, 1.82) is 0 Å². The quantitative estimate of drug-likeness (QED) is 0.692. The molecule has 0 aliphatic carbocycles. The zero-order valence-corrected chi connectivity index (χ0v) is 17.9. The molecule has 33 heavy (non-hydrogen) atoms. The van der Waals surface area contributed by atoms with Gasteiger partial charge in [0.05, 0.1) is 42.8 Å². The molecular formula is C21H21F3N6O3. The van der Waals surface area contributed by atoms with E-state index in [9.17, 15) is 27.6 Å². The summed E-state index contributed by atoms with van der Waals surface area (Å²) in [4.78, 5) is 42.3. The van der Waals surface area contributed by atoms with Crippen molar-refractivity contribution in [3.05, 3.63) is 41.5 Å². The molecule has 0 saturated carbocycles. The number of benzene rings is 1. The standard InChI is InChI=1S/C21H21F3N6O3/c1-10-7-29-18(9-27(10)21(33)26-12-3-14(22)19(24)15(23)4-12)17(6-25-29)28-8-13-5-16(20(28)32)30(13)11(2)31/h3-4,6,10,13,16H,5,7-9H2,1-2H3,(H,26,33)/t10-,13?,16?/m0/s1. The first-order valence-electron chi connectivity index (χ1n) is 10.5. The van der Waals surface area contributed by atoms with Crippen LogP contribution in [-0.2, 0) is 22.7 Å². The van der Waals surface area contributed by atoms with Gasteiger partial charge in [0.25, 0.3) is 0 Å². The van der Waals surface area contributed by atoms with Crippen LogP contribution in [0.25, 0.3) is 0 Å². The maximum absolute atomic E-state index is 13.5. The van der Waals surface area contributed by atoms with Gasteiger partial charge in [-0.25, -0.2) is 18.0 Å². The van der Waals surface area contributed by atoms with Crippen LogP contribution in [0.5, 0.6) is 0 Å². The zero-order chi connectivity index (χ0) is 23.6. The number of carbonyl (C=O) groups excluding carboxylic acids is 3. The number of nitrogens with zero attached hydrogens (tertiary/aromatic N) is 5. The number of rotatable bonds is 2. The van der Waals surface area contributed by atoms with E-state index in [1.165, 1.54) is 11.8 Å². The minimum atomic E-state index is -1.61. The van der Waals surface area contributed by atoms with Gasteiger partial charge in [-0.05, 0) is 13.3 Å². The number of fused-ring (bicyclic) bond motifs is 3. The highest BCUT2D eigenvalue weighted by atomic mass is 19.2. The van der Waals surface area contributed by atoms with Crippen molar-refractivity contribution in [3.63, 3.8) is 0 Å². The van der Waals surface area contributed by atoms with Crippen LogP contribution in [0.1, 0.15) is 26.0 Å². The van der Waals surface area contributed by atoms with E-state index in [1.807, 2.05) is 0 Å². The molecule has 174 valence electrons. The molecule has 1 aromatic carbocycles. The number of hydrogen-bond acceptors (Lipinski definition) is 4. The van der Waals surface area contributed by atoms with Gasteiger partial charge in [0.1, 0.15) is 6.04 Å². The third-order valence-corrected chi connectivity index (χ3v) is 6.54. The second-order valence-electron chi connectivity index (χ2n) is 8.60. The molecule has 4 aliphatic rings. The van der Waals surface area contributed by atoms with Crippen LogP contribution in [0.3, 0.4) is 0 Å². The van der Waals surface area contributed by atoms with Crippen LogP contribution in [0.4, 0.5) is 29.3 Å². The monoisotopic (exact) mass is 462 g/mol. The average molecular weight is 462 g/mol. The molecule has 5 heterocycles. The number of piperazine rings is 1. The van der Waals surface area contributed by atoms with E-state index in [1.54, 1.807) is 27.6 Å². The van der Waals surface area contributed by atoms with E-state index >= 15 is 0 Å². The van der Waals surface area contributed by atoms with Gasteiger partial charge in [0, 0.05) is 31.3 Å². The largest absolute Gasteiger partial charge is 0.326 e. The molecule has 1 N–H and O–H groups in total. The molecular weight excluding hydrogens is 441 g/mol. The van der Waals surface area contributed by atoms with E-state index in [0.29, 0.717) is 43.0 Å². The van der Waals surface area contributed by atoms with Gasteiger partial charge in [-0.2, -0.15) is 5.10 Å². The Morgan fingerprint density at radius 2 is 1.85 bits per heavy atom. The summed E-state index contributed by atoms with van der Waals surface area (Å²) >= 11 is 0. The van der Waals surface area contributed by atoms with E-state index in [2.05, 4.69) is 10.4 Å². The molecule has 4 amide bonds. The maximum atomic E-state index is 13.5. The second kappa shape index (κ2) is 7.49. The van der Waals surface area contributed by atoms with E-state index in [4.69, 9.17) is 0 Å². The fraction of sp³-hybridized carbons (Fsp3) is 0.429. The molecule has 0 spiro atoms. The fourth-order valence-electron chi connectivity index (χ4n) is 4.87. The molecule has 0 radical (unpaired) electrons. The summed E-state index contributed by atoms with van der Waals surface area (Å²) in [7, 11) is 0. The van der Waals surface area contributed by atoms with Gasteiger partial charge >= 0.3 is 6.03 Å². The lowest BCUT2D eigenvalue weighted by atomic mass is 9.86. The normalized spacial score (nSPS) is 23.8. The molecule has 3 atom stereocenters. The predicted molar refractivity (Wildman–Crippen MR) is 110 cm³/mol.